The Labute approximate surface area is 631 Å². The second-order valence-electron chi connectivity index (χ2n) is 27.8. The molecule has 0 amide bonds. The van der Waals surface area contributed by atoms with Crippen molar-refractivity contribution in [1.82, 2.24) is 0 Å². The predicted molar refractivity (Wildman–Crippen MR) is 459 cm³/mol. The van der Waals surface area contributed by atoms with Crippen molar-refractivity contribution in [3.8, 4) is 66.8 Å². The van der Waals surface area contributed by atoms with E-state index in [-0.39, 0.29) is 0 Å². The van der Waals surface area contributed by atoms with Crippen LogP contribution in [0.5, 0.6) is 0 Å². The second kappa shape index (κ2) is 33.1. The minimum absolute atomic E-state index is 0.992. The molecule has 0 aromatic heterocycles. The van der Waals surface area contributed by atoms with Crippen LogP contribution in [0.3, 0.4) is 0 Å². The van der Waals surface area contributed by atoms with Gasteiger partial charge in [0.1, 0.15) is 0 Å². The van der Waals surface area contributed by atoms with Crippen LogP contribution in [0.2, 0.25) is 0 Å². The lowest BCUT2D eigenvalue weighted by Crippen LogP contribution is -2.21. The van der Waals surface area contributed by atoms with Crippen molar-refractivity contribution >= 4 is 68.2 Å². The molecule has 0 N–H and O–H groups in total. The number of hydrogen-bond acceptors (Lipinski definition) is 6. The lowest BCUT2D eigenvalue weighted by atomic mass is 9.93. The molecule has 0 radical (unpaired) electrons. The highest BCUT2D eigenvalue weighted by atomic mass is 15.2. The fourth-order valence-corrected chi connectivity index (χ4v) is 14.4. The summed E-state index contributed by atoms with van der Waals surface area (Å²) in [6.07, 6.45) is 0. The number of rotatable bonds is 22. The Balaban J connectivity index is 0.000000227. The molecule has 14 aromatic rings. The number of para-hydroxylation sites is 6. The van der Waals surface area contributed by atoms with E-state index in [2.05, 4.69) is 440 Å². The van der Waals surface area contributed by atoms with Gasteiger partial charge in [-0.1, -0.05) is 182 Å². The summed E-state index contributed by atoms with van der Waals surface area (Å²) in [6.45, 7) is 25.9. The largest absolute Gasteiger partial charge is 0.375 e. The highest BCUT2D eigenvalue weighted by Crippen LogP contribution is 2.45. The third kappa shape index (κ3) is 16.0. The number of benzene rings is 14. The zero-order valence-corrected chi connectivity index (χ0v) is 63.7. The first-order chi connectivity index (χ1) is 51.7. The third-order valence-electron chi connectivity index (χ3n) is 20.9. The van der Waals surface area contributed by atoms with Crippen LogP contribution in [0.25, 0.3) is 66.8 Å². The van der Waals surface area contributed by atoms with Gasteiger partial charge in [-0.2, -0.15) is 0 Å². The molecule has 0 atom stereocenters. The van der Waals surface area contributed by atoms with Crippen LogP contribution in [-0.2, 0) is 0 Å². The van der Waals surface area contributed by atoms with Crippen molar-refractivity contribution in [3.05, 3.63) is 361 Å². The van der Waals surface area contributed by atoms with Gasteiger partial charge < -0.3 is 29.4 Å². The van der Waals surface area contributed by atoms with Crippen molar-refractivity contribution in [2.45, 2.75) is 69.2 Å². The van der Waals surface area contributed by atoms with E-state index in [9.17, 15) is 0 Å². The fourth-order valence-electron chi connectivity index (χ4n) is 14.4. The number of anilines is 12. The Kier molecular flexibility index (Phi) is 22.6. The van der Waals surface area contributed by atoms with Crippen LogP contribution >= 0.6 is 0 Å². The number of hydrogen-bond donors (Lipinski definition) is 0. The van der Waals surface area contributed by atoms with E-state index in [1.54, 1.807) is 0 Å². The molecule has 6 heteroatoms. The van der Waals surface area contributed by atoms with Gasteiger partial charge in [0.15, 0.2) is 0 Å². The van der Waals surface area contributed by atoms with Gasteiger partial charge in [0.2, 0.25) is 0 Å². The topological polar surface area (TPSA) is 19.4 Å². The van der Waals surface area contributed by atoms with Crippen LogP contribution in [-0.4, -0.2) is 40.3 Å². The maximum Gasteiger partial charge on any atom is 0.0490 e. The summed E-state index contributed by atoms with van der Waals surface area (Å²) >= 11 is 0. The van der Waals surface area contributed by atoms with E-state index < -0.39 is 0 Å². The molecule has 6 nitrogen and oxygen atoms in total. The van der Waals surface area contributed by atoms with Crippen LogP contribution < -0.4 is 29.4 Å². The minimum Gasteiger partial charge on any atom is -0.375 e. The summed E-state index contributed by atoms with van der Waals surface area (Å²) in [5.41, 5.74) is 35.8. The quantitative estimate of drug-likeness (QED) is 0.0669. The zero-order valence-electron chi connectivity index (χ0n) is 63.7. The van der Waals surface area contributed by atoms with E-state index in [1.807, 2.05) is 0 Å². The molecule has 528 valence electrons. The highest BCUT2D eigenvalue weighted by Gasteiger charge is 2.22. The first-order valence-electron chi connectivity index (χ1n) is 37.5. The molecule has 0 saturated heterocycles. The Bertz CT molecular complexity index is 4680. The molecule has 0 aliphatic carbocycles. The van der Waals surface area contributed by atoms with Gasteiger partial charge in [-0.3, -0.25) is 0 Å². The van der Waals surface area contributed by atoms with Gasteiger partial charge >= 0.3 is 0 Å². The van der Waals surface area contributed by atoms with E-state index in [1.165, 1.54) is 118 Å². The van der Waals surface area contributed by atoms with Gasteiger partial charge in [0.05, 0.1) is 0 Å². The van der Waals surface area contributed by atoms with Crippen molar-refractivity contribution < 1.29 is 0 Å². The predicted octanol–water partition coefficient (Wildman–Crippen LogP) is 27.4. The average Bonchev–Trinajstić information content (AvgIpc) is 0.796. The van der Waals surface area contributed by atoms with Gasteiger partial charge in [-0.05, 0) is 315 Å². The molecule has 14 aromatic carbocycles. The van der Waals surface area contributed by atoms with Crippen LogP contribution in [0.15, 0.2) is 328 Å². The van der Waals surface area contributed by atoms with Crippen molar-refractivity contribution in [2.75, 3.05) is 69.7 Å². The van der Waals surface area contributed by atoms with E-state index in [4.69, 9.17) is 0 Å². The molecule has 106 heavy (non-hydrogen) atoms. The standard InChI is InChI=1S/C66H57N3.C34H41N3/c1-46-19-7-13-25-61(46)67(62-26-14-8-20-47(62)2)58-37-31-52(32-38-58)55-43-56(53-33-39-59(40-34-53)68(63-27-15-9-21-48(63)3)64-28-16-10-22-49(64)4)45-57(44-55)54-35-41-60(42-36-54)69(65-29-17-11-23-50(65)5)66-30-18-12-24-51(66)6;1-7-35(5)32-17-11-26(12-18-32)29-23-30(27-13-19-33(20-14-27)36(6)8-2)25-31(24-29)28-15-21-34(22-16-28)37(9-3)10-4/h7-45H,1-6H3;11-25H,7-10H2,1-6H3. The van der Waals surface area contributed by atoms with Gasteiger partial charge in [0.25, 0.3) is 0 Å². The van der Waals surface area contributed by atoms with Crippen LogP contribution in [0.4, 0.5) is 68.2 Å². The zero-order chi connectivity index (χ0) is 73.8. The highest BCUT2D eigenvalue weighted by molar-refractivity contribution is 5.89. The summed E-state index contributed by atoms with van der Waals surface area (Å²) in [6, 6.07) is 120. The Morgan fingerprint density at radius 2 is 0.349 bits per heavy atom. The monoisotopic (exact) mass is 1380 g/mol. The van der Waals surface area contributed by atoms with E-state index in [0.717, 1.165) is 76.6 Å². The molecule has 0 fully saturated rings. The van der Waals surface area contributed by atoms with Gasteiger partial charge in [-0.25, -0.2) is 0 Å². The van der Waals surface area contributed by atoms with E-state index in [0.29, 0.717) is 0 Å². The lowest BCUT2D eigenvalue weighted by Gasteiger charge is -2.29. The average molecular weight is 1380 g/mol. The smallest absolute Gasteiger partial charge is 0.0490 e. The molecular formula is C100H98N6. The van der Waals surface area contributed by atoms with Crippen molar-refractivity contribution in [3.63, 3.8) is 0 Å². The summed E-state index contributed by atoms with van der Waals surface area (Å²) in [5.74, 6) is 0. The maximum absolute atomic E-state index is 2.38. The number of nitrogens with zero attached hydrogens (tertiary/aromatic N) is 6. The van der Waals surface area contributed by atoms with Crippen molar-refractivity contribution in [1.29, 1.82) is 0 Å². The second-order valence-corrected chi connectivity index (χ2v) is 27.8. The Hall–Kier alpha value is -12.1. The molecule has 0 unspecified atom stereocenters. The molecule has 0 aliphatic rings. The number of aryl methyl sites for hydroxylation is 6. The summed E-state index contributed by atoms with van der Waals surface area (Å²) in [5, 5.41) is 0. The van der Waals surface area contributed by atoms with Crippen LogP contribution in [0, 0.1) is 41.5 Å². The lowest BCUT2D eigenvalue weighted by molar-refractivity contribution is 0.866. The minimum atomic E-state index is 0.992. The van der Waals surface area contributed by atoms with E-state index >= 15 is 0 Å². The first-order valence-corrected chi connectivity index (χ1v) is 37.5. The molecule has 0 bridgehead atoms. The summed E-state index contributed by atoms with van der Waals surface area (Å²) in [4.78, 5) is 14.1. The SMILES string of the molecule is CCN(C)c1ccc(-c2cc(-c3ccc(N(C)CC)cc3)cc(-c3ccc(N(CC)CC)cc3)c2)cc1.Cc1ccccc1N(c1ccc(-c2cc(-c3ccc(N(c4ccccc4C)c4ccccc4C)cc3)cc(-c3ccc(N(c4ccccc4C)c4ccccc4C)cc3)c2)cc1)c1ccccc1C. The van der Waals surface area contributed by atoms with Crippen LogP contribution in [0.1, 0.15) is 61.1 Å². The molecule has 0 aliphatic heterocycles. The van der Waals surface area contributed by atoms with Crippen molar-refractivity contribution in [2.24, 2.45) is 0 Å². The molecule has 0 saturated carbocycles. The molecule has 0 heterocycles. The first kappa shape index (κ1) is 72.2. The van der Waals surface area contributed by atoms with Gasteiger partial charge in [-0.15, -0.1) is 0 Å². The normalized spacial score (nSPS) is 11.0. The molecular weight excluding hydrogens is 1290 g/mol. The Morgan fingerprint density at radius 3 is 0.519 bits per heavy atom. The summed E-state index contributed by atoms with van der Waals surface area (Å²) in [7, 11) is 4.27. The molecule has 14 rings (SSSR count). The fraction of sp³-hybridized carbons (Fsp3) is 0.160. The maximum atomic E-state index is 2.38. The Morgan fingerprint density at radius 1 is 0.179 bits per heavy atom. The molecule has 0 spiro atoms. The summed E-state index contributed by atoms with van der Waals surface area (Å²) < 4.78 is 0. The van der Waals surface area contributed by atoms with Gasteiger partial charge in [0, 0.05) is 109 Å². The third-order valence-corrected chi connectivity index (χ3v) is 20.9.